The molecule has 0 aromatic carbocycles. The van der Waals surface area contributed by atoms with Crippen LogP contribution in [-0.4, -0.2) is 75.7 Å². The second-order valence-electron chi connectivity index (χ2n) is 6.47. The van der Waals surface area contributed by atoms with Crippen LogP contribution in [0.5, 0.6) is 0 Å². The number of hydrogen-bond donors (Lipinski definition) is 1. The van der Waals surface area contributed by atoms with Gasteiger partial charge in [-0.25, -0.2) is 0 Å². The molecular weight excluding hydrogens is 325 g/mol. The number of amides is 1. The molecule has 1 atom stereocenters. The summed E-state index contributed by atoms with van der Waals surface area (Å²) in [6, 6.07) is 0.494. The number of carbonyl (C=O) groups is 1. The third kappa shape index (κ3) is 4.96. The first-order chi connectivity index (χ1) is 9.59. The fourth-order valence-corrected chi connectivity index (χ4v) is 3.50. The summed E-state index contributed by atoms with van der Waals surface area (Å²) in [5.41, 5.74) is -0.297. The Morgan fingerprint density at radius 1 is 1.32 bits per heavy atom. The summed E-state index contributed by atoms with van der Waals surface area (Å²) in [4.78, 5) is 17.4. The second kappa shape index (κ2) is 9.93. The van der Waals surface area contributed by atoms with Gasteiger partial charge in [-0.05, 0) is 52.9 Å². The Bertz CT molecular complexity index is 331. The number of rotatable bonds is 4. The normalized spacial score (nSPS) is 24.4. The fourth-order valence-electron chi connectivity index (χ4n) is 3.50. The van der Waals surface area contributed by atoms with E-state index in [4.69, 9.17) is 4.74 Å². The standard InChI is InChI=1S/C15H29N3O2.2ClH/c1-17(2)13-5-4-10-18(11-13)14(19)15(12-20-3)6-8-16-9-7-15;;/h13,16H,4-12H2,1-3H3;2*1H. The number of nitrogens with zero attached hydrogens (tertiary/aromatic N) is 2. The zero-order chi connectivity index (χ0) is 14.6. The molecule has 2 rings (SSSR count). The van der Waals surface area contributed by atoms with Crippen molar-refractivity contribution in [3.63, 3.8) is 0 Å². The highest BCUT2D eigenvalue weighted by molar-refractivity contribution is 5.85. The molecule has 0 radical (unpaired) electrons. The molecule has 0 aromatic rings. The molecule has 2 heterocycles. The molecule has 22 heavy (non-hydrogen) atoms. The maximum atomic E-state index is 13.0. The Balaban J connectivity index is 0.00000220. The van der Waals surface area contributed by atoms with Crippen LogP contribution in [0.25, 0.3) is 0 Å². The number of ether oxygens (including phenoxy) is 1. The van der Waals surface area contributed by atoms with Crippen molar-refractivity contribution in [2.45, 2.75) is 31.7 Å². The van der Waals surface area contributed by atoms with E-state index in [9.17, 15) is 4.79 Å². The van der Waals surface area contributed by atoms with Crippen LogP contribution in [-0.2, 0) is 9.53 Å². The zero-order valence-electron chi connectivity index (χ0n) is 14.0. The largest absolute Gasteiger partial charge is 0.384 e. The van der Waals surface area contributed by atoms with Crippen molar-refractivity contribution in [2.24, 2.45) is 5.41 Å². The summed E-state index contributed by atoms with van der Waals surface area (Å²) >= 11 is 0. The van der Waals surface area contributed by atoms with E-state index in [1.807, 2.05) is 0 Å². The smallest absolute Gasteiger partial charge is 0.231 e. The molecule has 0 aliphatic carbocycles. The third-order valence-corrected chi connectivity index (χ3v) is 4.85. The summed E-state index contributed by atoms with van der Waals surface area (Å²) in [5, 5.41) is 3.35. The summed E-state index contributed by atoms with van der Waals surface area (Å²) in [7, 11) is 5.91. The van der Waals surface area contributed by atoms with E-state index >= 15 is 0 Å². The van der Waals surface area contributed by atoms with Gasteiger partial charge in [-0.1, -0.05) is 0 Å². The molecule has 0 spiro atoms. The summed E-state index contributed by atoms with van der Waals surface area (Å²) in [6.45, 7) is 4.16. The van der Waals surface area contributed by atoms with Gasteiger partial charge in [0.25, 0.3) is 0 Å². The van der Waals surface area contributed by atoms with E-state index in [0.717, 1.165) is 45.4 Å². The van der Waals surface area contributed by atoms with Crippen LogP contribution >= 0.6 is 24.8 Å². The first-order valence-corrected chi connectivity index (χ1v) is 7.74. The quantitative estimate of drug-likeness (QED) is 0.827. The maximum absolute atomic E-state index is 13.0. The topological polar surface area (TPSA) is 44.8 Å². The predicted octanol–water partition coefficient (Wildman–Crippen LogP) is 1.40. The lowest BCUT2D eigenvalue weighted by Gasteiger charge is -2.43. The average molecular weight is 356 g/mol. The Morgan fingerprint density at radius 2 is 1.95 bits per heavy atom. The molecule has 2 aliphatic rings. The molecule has 2 saturated heterocycles. The van der Waals surface area contributed by atoms with Crippen LogP contribution in [0, 0.1) is 5.41 Å². The van der Waals surface area contributed by atoms with Gasteiger partial charge in [-0.15, -0.1) is 24.8 Å². The molecule has 7 heteroatoms. The number of carbonyl (C=O) groups excluding carboxylic acids is 1. The van der Waals surface area contributed by atoms with Gasteiger partial charge in [-0.2, -0.15) is 0 Å². The van der Waals surface area contributed by atoms with Crippen LogP contribution in [0.2, 0.25) is 0 Å². The van der Waals surface area contributed by atoms with Crippen LogP contribution in [0.1, 0.15) is 25.7 Å². The van der Waals surface area contributed by atoms with E-state index in [1.54, 1.807) is 7.11 Å². The number of methoxy groups -OCH3 is 1. The second-order valence-corrected chi connectivity index (χ2v) is 6.47. The average Bonchev–Trinajstić information content (AvgIpc) is 2.48. The SMILES string of the molecule is COCC1(C(=O)N2CCCC(N(C)C)C2)CCNCC1.Cl.Cl. The third-order valence-electron chi connectivity index (χ3n) is 4.85. The lowest BCUT2D eigenvalue weighted by molar-refractivity contribution is -0.149. The highest BCUT2D eigenvalue weighted by atomic mass is 35.5. The van der Waals surface area contributed by atoms with Crippen LogP contribution < -0.4 is 5.32 Å². The molecule has 1 amide bonds. The van der Waals surface area contributed by atoms with Crippen molar-refractivity contribution in [3.05, 3.63) is 0 Å². The van der Waals surface area contributed by atoms with Gasteiger partial charge in [0, 0.05) is 26.2 Å². The number of nitrogens with one attached hydrogen (secondary N) is 1. The van der Waals surface area contributed by atoms with Gasteiger partial charge in [0.05, 0.1) is 12.0 Å². The van der Waals surface area contributed by atoms with Gasteiger partial charge < -0.3 is 19.9 Å². The number of halogens is 2. The molecule has 0 aromatic heterocycles. The minimum absolute atomic E-state index is 0. The van der Waals surface area contributed by atoms with Crippen molar-refractivity contribution in [3.8, 4) is 0 Å². The molecule has 0 saturated carbocycles. The monoisotopic (exact) mass is 355 g/mol. The van der Waals surface area contributed by atoms with E-state index in [0.29, 0.717) is 18.6 Å². The van der Waals surface area contributed by atoms with Crippen LogP contribution in [0.4, 0.5) is 0 Å². The number of piperidine rings is 2. The lowest BCUT2D eigenvalue weighted by atomic mass is 9.78. The lowest BCUT2D eigenvalue weighted by Crippen LogP contribution is -2.56. The molecular formula is C15H31Cl2N3O2. The molecule has 132 valence electrons. The van der Waals surface area contributed by atoms with Crippen LogP contribution in [0.15, 0.2) is 0 Å². The Morgan fingerprint density at radius 3 is 2.50 bits per heavy atom. The zero-order valence-corrected chi connectivity index (χ0v) is 15.6. The Hall–Kier alpha value is -0.0700. The molecule has 1 N–H and O–H groups in total. The van der Waals surface area contributed by atoms with Gasteiger partial charge in [0.2, 0.25) is 5.91 Å². The van der Waals surface area contributed by atoms with Crippen molar-refractivity contribution < 1.29 is 9.53 Å². The highest BCUT2D eigenvalue weighted by Crippen LogP contribution is 2.32. The minimum Gasteiger partial charge on any atom is -0.384 e. The van der Waals surface area contributed by atoms with E-state index in [2.05, 4.69) is 29.2 Å². The molecule has 1 unspecified atom stereocenters. The summed E-state index contributed by atoms with van der Waals surface area (Å²) in [5.74, 6) is 0.312. The van der Waals surface area contributed by atoms with E-state index < -0.39 is 0 Å². The van der Waals surface area contributed by atoms with Gasteiger partial charge in [0.1, 0.15) is 0 Å². The van der Waals surface area contributed by atoms with Crippen LogP contribution in [0.3, 0.4) is 0 Å². The first-order valence-electron chi connectivity index (χ1n) is 7.74. The highest BCUT2D eigenvalue weighted by Gasteiger charge is 2.43. The number of hydrogen-bond acceptors (Lipinski definition) is 4. The van der Waals surface area contributed by atoms with Crippen molar-refractivity contribution >= 4 is 30.7 Å². The molecule has 2 aliphatic heterocycles. The molecule has 0 bridgehead atoms. The van der Waals surface area contributed by atoms with E-state index in [1.165, 1.54) is 6.42 Å². The Labute approximate surface area is 146 Å². The van der Waals surface area contributed by atoms with Crippen molar-refractivity contribution in [1.29, 1.82) is 0 Å². The van der Waals surface area contributed by atoms with Crippen molar-refractivity contribution in [2.75, 3.05) is 54.0 Å². The summed E-state index contributed by atoms with van der Waals surface area (Å²) < 4.78 is 5.39. The molecule has 5 nitrogen and oxygen atoms in total. The van der Waals surface area contributed by atoms with Gasteiger partial charge in [0.15, 0.2) is 0 Å². The minimum atomic E-state index is -0.297. The number of likely N-dealkylation sites (tertiary alicyclic amines) is 1. The maximum Gasteiger partial charge on any atom is 0.231 e. The first kappa shape index (κ1) is 21.9. The fraction of sp³-hybridized carbons (Fsp3) is 0.933. The van der Waals surface area contributed by atoms with Crippen molar-refractivity contribution in [1.82, 2.24) is 15.1 Å². The molecule has 2 fully saturated rings. The Kier molecular flexibility index (Phi) is 9.90. The van der Waals surface area contributed by atoms with E-state index in [-0.39, 0.29) is 30.2 Å². The van der Waals surface area contributed by atoms with Gasteiger partial charge in [-0.3, -0.25) is 4.79 Å². The van der Waals surface area contributed by atoms with Gasteiger partial charge >= 0.3 is 0 Å². The number of likely N-dealkylation sites (N-methyl/N-ethyl adjacent to an activating group) is 1. The summed E-state index contributed by atoms with van der Waals surface area (Å²) in [6.07, 6.45) is 4.08. The predicted molar refractivity (Wildman–Crippen MR) is 94.2 cm³/mol.